The molecule has 0 bridgehead atoms. The van der Waals surface area contributed by atoms with E-state index in [1.54, 1.807) is 0 Å². The highest BCUT2D eigenvalue weighted by Gasteiger charge is 2.07. The van der Waals surface area contributed by atoms with Gasteiger partial charge in [-0.1, -0.05) is 29.8 Å². The van der Waals surface area contributed by atoms with Gasteiger partial charge in [-0.05, 0) is 59.6 Å². The molecular weight excluding hydrogens is 290 g/mol. The van der Waals surface area contributed by atoms with E-state index in [1.165, 1.54) is 5.56 Å². The smallest absolute Gasteiger partial charge is 0.141 e. The molecule has 0 amide bonds. The number of aryl methyl sites for hydroxylation is 1. The van der Waals surface area contributed by atoms with Crippen LogP contribution in [-0.4, -0.2) is 6.54 Å². The minimum Gasteiger partial charge on any atom is -0.456 e. The van der Waals surface area contributed by atoms with Gasteiger partial charge in [0.25, 0.3) is 0 Å². The molecule has 0 radical (unpaired) electrons. The van der Waals surface area contributed by atoms with Crippen molar-refractivity contribution in [3.63, 3.8) is 0 Å². The molecule has 0 aliphatic heterocycles. The van der Waals surface area contributed by atoms with Crippen molar-refractivity contribution in [3.05, 3.63) is 58.1 Å². The monoisotopic (exact) mass is 305 g/mol. The Hall–Kier alpha value is -1.32. The Bertz CT molecular complexity index is 540. The van der Waals surface area contributed by atoms with Crippen LogP contribution in [0.25, 0.3) is 0 Å². The lowest BCUT2D eigenvalue weighted by atomic mass is 10.1. The summed E-state index contributed by atoms with van der Waals surface area (Å²) in [5.74, 6) is 1.69. The van der Waals surface area contributed by atoms with E-state index in [-0.39, 0.29) is 0 Å². The molecule has 2 rings (SSSR count). The van der Waals surface area contributed by atoms with Gasteiger partial charge >= 0.3 is 0 Å². The van der Waals surface area contributed by atoms with Gasteiger partial charge < -0.3 is 10.5 Å². The lowest BCUT2D eigenvalue weighted by Gasteiger charge is -2.12. The molecule has 0 aliphatic carbocycles. The van der Waals surface area contributed by atoms with E-state index in [4.69, 9.17) is 10.5 Å². The van der Waals surface area contributed by atoms with Crippen LogP contribution in [0.3, 0.4) is 0 Å². The van der Waals surface area contributed by atoms with Crippen molar-refractivity contribution in [2.24, 2.45) is 5.73 Å². The molecule has 2 aromatic rings. The van der Waals surface area contributed by atoms with Crippen LogP contribution in [-0.2, 0) is 6.42 Å². The lowest BCUT2D eigenvalue weighted by Crippen LogP contribution is -2.04. The second kappa shape index (κ2) is 6.03. The Morgan fingerprint density at radius 1 is 1.11 bits per heavy atom. The Kier molecular flexibility index (Phi) is 4.39. The Labute approximate surface area is 116 Å². The van der Waals surface area contributed by atoms with E-state index in [1.807, 2.05) is 36.4 Å². The molecule has 0 aliphatic rings. The van der Waals surface area contributed by atoms with Gasteiger partial charge in [0.05, 0.1) is 4.47 Å². The third kappa shape index (κ3) is 3.12. The van der Waals surface area contributed by atoms with E-state index in [0.717, 1.165) is 28.0 Å². The molecule has 2 N–H and O–H groups in total. The zero-order chi connectivity index (χ0) is 13.0. The van der Waals surface area contributed by atoms with E-state index in [2.05, 4.69) is 28.9 Å². The van der Waals surface area contributed by atoms with Gasteiger partial charge in [0.15, 0.2) is 0 Å². The molecule has 0 spiro atoms. The second-order valence-corrected chi connectivity index (χ2v) is 5.04. The van der Waals surface area contributed by atoms with Gasteiger partial charge in [-0.3, -0.25) is 0 Å². The van der Waals surface area contributed by atoms with Crippen molar-refractivity contribution in [2.75, 3.05) is 6.54 Å². The highest BCUT2D eigenvalue weighted by atomic mass is 79.9. The molecule has 0 atom stereocenters. The number of benzene rings is 2. The second-order valence-electron chi connectivity index (χ2n) is 4.18. The van der Waals surface area contributed by atoms with Crippen LogP contribution in [0.1, 0.15) is 11.1 Å². The maximum atomic E-state index is 5.95. The van der Waals surface area contributed by atoms with Crippen molar-refractivity contribution < 1.29 is 4.74 Å². The number of para-hydroxylation sites is 1. The third-order valence-electron chi connectivity index (χ3n) is 2.69. The number of hydrogen-bond donors (Lipinski definition) is 1. The summed E-state index contributed by atoms with van der Waals surface area (Å²) in [5, 5.41) is 0. The predicted octanol–water partition coefficient (Wildman–Crippen LogP) is 4.05. The van der Waals surface area contributed by atoms with Gasteiger partial charge in [0, 0.05) is 0 Å². The fraction of sp³-hybridized carbons (Fsp3) is 0.200. The summed E-state index contributed by atoms with van der Waals surface area (Å²) in [7, 11) is 0. The first-order valence-electron chi connectivity index (χ1n) is 5.92. The minimum atomic E-state index is 0.621. The molecule has 0 heterocycles. The fourth-order valence-electron chi connectivity index (χ4n) is 1.80. The first-order chi connectivity index (χ1) is 8.70. The Morgan fingerprint density at radius 3 is 2.61 bits per heavy atom. The molecule has 94 valence electrons. The highest BCUT2D eigenvalue weighted by molar-refractivity contribution is 9.10. The van der Waals surface area contributed by atoms with Crippen LogP contribution in [0.2, 0.25) is 0 Å². The van der Waals surface area contributed by atoms with Crippen molar-refractivity contribution in [2.45, 2.75) is 13.3 Å². The van der Waals surface area contributed by atoms with Gasteiger partial charge in [-0.2, -0.15) is 0 Å². The van der Waals surface area contributed by atoms with E-state index < -0.39 is 0 Å². The normalized spacial score (nSPS) is 10.4. The summed E-state index contributed by atoms with van der Waals surface area (Å²) in [6.07, 6.45) is 0.821. The van der Waals surface area contributed by atoms with E-state index >= 15 is 0 Å². The number of rotatable bonds is 4. The summed E-state index contributed by atoms with van der Waals surface area (Å²) in [6, 6.07) is 14.0. The van der Waals surface area contributed by atoms with Crippen molar-refractivity contribution in [3.8, 4) is 11.5 Å². The lowest BCUT2D eigenvalue weighted by molar-refractivity contribution is 0.473. The largest absolute Gasteiger partial charge is 0.456 e. The van der Waals surface area contributed by atoms with Crippen molar-refractivity contribution in [1.29, 1.82) is 0 Å². The highest BCUT2D eigenvalue weighted by Crippen LogP contribution is 2.31. The summed E-state index contributed by atoms with van der Waals surface area (Å²) in [6.45, 7) is 2.69. The SMILES string of the molecule is Cc1ccc(Oc2ccccc2Br)c(CCN)c1. The fourth-order valence-corrected chi connectivity index (χ4v) is 2.17. The average molecular weight is 306 g/mol. The molecule has 2 nitrogen and oxygen atoms in total. The molecule has 0 saturated carbocycles. The van der Waals surface area contributed by atoms with Gasteiger partial charge in [-0.15, -0.1) is 0 Å². The summed E-state index contributed by atoms with van der Waals surface area (Å²) < 4.78 is 6.89. The molecular formula is C15H16BrNO. The van der Waals surface area contributed by atoms with E-state index in [0.29, 0.717) is 6.54 Å². The quantitative estimate of drug-likeness (QED) is 0.925. The number of hydrogen-bond acceptors (Lipinski definition) is 2. The minimum absolute atomic E-state index is 0.621. The van der Waals surface area contributed by atoms with Gasteiger partial charge in [0.2, 0.25) is 0 Å². The summed E-state index contributed by atoms with van der Waals surface area (Å²) in [4.78, 5) is 0. The average Bonchev–Trinajstić information content (AvgIpc) is 2.35. The molecule has 3 heteroatoms. The summed E-state index contributed by atoms with van der Waals surface area (Å²) in [5.41, 5.74) is 8.00. The first kappa shape index (κ1) is 13.1. The Balaban J connectivity index is 2.31. The number of nitrogens with two attached hydrogens (primary N) is 1. The molecule has 2 aromatic carbocycles. The van der Waals surface area contributed by atoms with E-state index in [9.17, 15) is 0 Å². The summed E-state index contributed by atoms with van der Waals surface area (Å²) >= 11 is 3.48. The molecule has 0 saturated heterocycles. The van der Waals surface area contributed by atoms with Crippen molar-refractivity contribution in [1.82, 2.24) is 0 Å². The van der Waals surface area contributed by atoms with Crippen LogP contribution in [0.15, 0.2) is 46.9 Å². The maximum Gasteiger partial charge on any atom is 0.141 e. The van der Waals surface area contributed by atoms with Gasteiger partial charge in [-0.25, -0.2) is 0 Å². The standard InChI is InChI=1S/C15H16BrNO/c1-11-6-7-14(12(10-11)8-9-17)18-15-5-3-2-4-13(15)16/h2-7,10H,8-9,17H2,1H3. The van der Waals surface area contributed by atoms with Crippen LogP contribution >= 0.6 is 15.9 Å². The molecule has 0 aromatic heterocycles. The molecule has 18 heavy (non-hydrogen) atoms. The predicted molar refractivity (Wildman–Crippen MR) is 78.2 cm³/mol. The van der Waals surface area contributed by atoms with Crippen LogP contribution in [0, 0.1) is 6.92 Å². The zero-order valence-corrected chi connectivity index (χ0v) is 11.9. The first-order valence-corrected chi connectivity index (χ1v) is 6.72. The van der Waals surface area contributed by atoms with Crippen LogP contribution < -0.4 is 10.5 Å². The number of halogens is 1. The third-order valence-corrected chi connectivity index (χ3v) is 3.34. The van der Waals surface area contributed by atoms with Crippen molar-refractivity contribution >= 4 is 15.9 Å². The van der Waals surface area contributed by atoms with Crippen LogP contribution in [0.5, 0.6) is 11.5 Å². The number of ether oxygens (including phenoxy) is 1. The zero-order valence-electron chi connectivity index (χ0n) is 10.3. The molecule has 0 unspecified atom stereocenters. The Morgan fingerprint density at radius 2 is 1.89 bits per heavy atom. The maximum absolute atomic E-state index is 5.95. The topological polar surface area (TPSA) is 35.2 Å². The molecule has 0 fully saturated rings. The van der Waals surface area contributed by atoms with Crippen LogP contribution in [0.4, 0.5) is 0 Å². The van der Waals surface area contributed by atoms with Gasteiger partial charge in [0.1, 0.15) is 11.5 Å².